The van der Waals surface area contributed by atoms with E-state index in [1.807, 2.05) is 16.8 Å². The van der Waals surface area contributed by atoms with Crippen LogP contribution in [0.5, 0.6) is 0 Å². The number of esters is 1. The number of carbonyl (C=O) groups excluding carboxylic acids is 1. The van der Waals surface area contributed by atoms with Crippen LogP contribution in [0.15, 0.2) is 72.1 Å². The molecule has 4 rings (SSSR count). The summed E-state index contributed by atoms with van der Waals surface area (Å²) in [6, 6.07) is 10.9. The Balaban J connectivity index is 1.80. The second-order valence-corrected chi connectivity index (χ2v) is 11.4. The van der Waals surface area contributed by atoms with Crippen molar-refractivity contribution in [1.82, 2.24) is 14.5 Å². The van der Waals surface area contributed by atoms with Gasteiger partial charge in [0.1, 0.15) is 12.1 Å². The molecule has 182 valence electrons. The summed E-state index contributed by atoms with van der Waals surface area (Å²) in [5, 5.41) is 1.05. The highest BCUT2D eigenvalue weighted by molar-refractivity contribution is 7.92. The van der Waals surface area contributed by atoms with Crippen LogP contribution in [-0.4, -0.2) is 41.1 Å². The van der Waals surface area contributed by atoms with Gasteiger partial charge in [0.05, 0.1) is 22.3 Å². The number of carbonyl (C=O) groups is 1. The summed E-state index contributed by atoms with van der Waals surface area (Å²) in [5.74, 6) is -0.0894. The molecule has 0 unspecified atom stereocenters. The van der Waals surface area contributed by atoms with Crippen molar-refractivity contribution >= 4 is 55.8 Å². The number of anilines is 1. The fourth-order valence-electron chi connectivity index (χ4n) is 3.51. The lowest BCUT2D eigenvalue weighted by molar-refractivity contribution is -0.152. The van der Waals surface area contributed by atoms with Crippen LogP contribution in [0.2, 0.25) is 10.0 Å². The average molecular weight is 533 g/mol. The molecule has 0 aliphatic heterocycles. The number of nitrogens with zero attached hydrogens (tertiary/aromatic N) is 4. The summed E-state index contributed by atoms with van der Waals surface area (Å²) < 4.78 is 35.6. The summed E-state index contributed by atoms with van der Waals surface area (Å²) in [7, 11) is -4.23. The van der Waals surface area contributed by atoms with E-state index in [1.165, 1.54) is 18.2 Å². The Morgan fingerprint density at radius 1 is 1.06 bits per heavy atom. The van der Waals surface area contributed by atoms with Crippen LogP contribution in [0.4, 0.5) is 5.69 Å². The lowest BCUT2D eigenvalue weighted by atomic mass is 10.2. The minimum absolute atomic E-state index is 0.143. The highest BCUT2D eigenvalue weighted by Crippen LogP contribution is 2.31. The fraction of sp³-hybridized carbons (Fsp3) is 0.208. The van der Waals surface area contributed by atoms with E-state index in [2.05, 4.69) is 9.97 Å². The lowest BCUT2D eigenvalue weighted by Gasteiger charge is -2.26. The zero-order chi connectivity index (χ0) is 25.4. The average Bonchev–Trinajstić information content (AvgIpc) is 3.19. The normalized spacial score (nSPS) is 12.0. The third-order valence-corrected chi connectivity index (χ3v) is 7.06. The Morgan fingerprint density at radius 3 is 2.40 bits per heavy atom. The molecular weight excluding hydrogens is 511 g/mol. The van der Waals surface area contributed by atoms with Gasteiger partial charge in [-0.25, -0.2) is 13.4 Å². The molecule has 0 aliphatic carbocycles. The van der Waals surface area contributed by atoms with E-state index in [0.717, 1.165) is 15.2 Å². The maximum Gasteiger partial charge on any atom is 0.327 e. The minimum Gasteiger partial charge on any atom is -0.459 e. The van der Waals surface area contributed by atoms with E-state index in [0.29, 0.717) is 5.82 Å². The van der Waals surface area contributed by atoms with Gasteiger partial charge in [0, 0.05) is 34.0 Å². The smallest absolute Gasteiger partial charge is 0.327 e. The second-order valence-electron chi connectivity index (χ2n) is 8.70. The molecule has 2 heterocycles. The molecule has 0 saturated carbocycles. The molecule has 0 N–H and O–H groups in total. The van der Waals surface area contributed by atoms with Gasteiger partial charge in [0.2, 0.25) is 0 Å². The number of fused-ring (bicyclic) bond motifs is 1. The molecule has 0 spiro atoms. The van der Waals surface area contributed by atoms with Gasteiger partial charge in [-0.05, 0) is 63.2 Å². The van der Waals surface area contributed by atoms with Crippen LogP contribution in [0.25, 0.3) is 16.7 Å². The maximum absolute atomic E-state index is 13.7. The molecular formula is C24H22Cl2N4O4S. The van der Waals surface area contributed by atoms with E-state index >= 15 is 0 Å². The van der Waals surface area contributed by atoms with Crippen molar-refractivity contribution in [3.63, 3.8) is 0 Å². The Hall–Kier alpha value is -3.14. The van der Waals surface area contributed by atoms with Gasteiger partial charge in [-0.3, -0.25) is 18.7 Å². The number of aromatic nitrogens is 3. The number of sulfonamides is 1. The van der Waals surface area contributed by atoms with Gasteiger partial charge < -0.3 is 4.74 Å². The lowest BCUT2D eigenvalue weighted by Crippen LogP contribution is -2.39. The second kappa shape index (κ2) is 9.49. The number of rotatable bonds is 6. The molecule has 0 bridgehead atoms. The van der Waals surface area contributed by atoms with Crippen molar-refractivity contribution in [2.75, 3.05) is 10.8 Å². The first-order valence-electron chi connectivity index (χ1n) is 10.5. The first-order chi connectivity index (χ1) is 16.4. The van der Waals surface area contributed by atoms with E-state index in [1.54, 1.807) is 57.6 Å². The van der Waals surface area contributed by atoms with Crippen molar-refractivity contribution in [3.8, 4) is 5.82 Å². The molecule has 11 heteroatoms. The maximum atomic E-state index is 13.7. The van der Waals surface area contributed by atoms with Crippen molar-refractivity contribution in [1.29, 1.82) is 0 Å². The zero-order valence-electron chi connectivity index (χ0n) is 19.1. The SMILES string of the molecule is CC(C)(C)OC(=O)CN(c1ccc2c(ccn2-c2cnccn2)c1)S(=O)(=O)c1cc(Cl)cc(Cl)c1. The molecule has 35 heavy (non-hydrogen) atoms. The van der Waals surface area contributed by atoms with E-state index in [4.69, 9.17) is 27.9 Å². The van der Waals surface area contributed by atoms with E-state index < -0.39 is 28.1 Å². The Labute approximate surface area is 213 Å². The Morgan fingerprint density at radius 2 is 1.77 bits per heavy atom. The van der Waals surface area contributed by atoms with Crippen molar-refractivity contribution < 1.29 is 17.9 Å². The van der Waals surface area contributed by atoms with Gasteiger partial charge in [-0.15, -0.1) is 0 Å². The fourth-order valence-corrected chi connectivity index (χ4v) is 5.64. The molecule has 4 aromatic rings. The number of hydrogen-bond acceptors (Lipinski definition) is 6. The predicted octanol–water partition coefficient (Wildman–Crippen LogP) is 5.26. The monoisotopic (exact) mass is 532 g/mol. The van der Waals surface area contributed by atoms with Crippen LogP contribution in [0.1, 0.15) is 20.8 Å². The number of hydrogen-bond donors (Lipinski definition) is 0. The van der Waals surface area contributed by atoms with E-state index in [9.17, 15) is 13.2 Å². The summed E-state index contributed by atoms with van der Waals surface area (Å²) in [5.41, 5.74) is 0.273. The van der Waals surface area contributed by atoms with Crippen molar-refractivity contribution in [3.05, 3.63) is 77.3 Å². The Kier molecular flexibility index (Phi) is 6.77. The minimum atomic E-state index is -4.23. The number of benzene rings is 2. The molecule has 0 aliphatic rings. The molecule has 0 saturated heterocycles. The van der Waals surface area contributed by atoms with Crippen LogP contribution < -0.4 is 4.31 Å². The first-order valence-corrected chi connectivity index (χ1v) is 12.7. The summed E-state index contributed by atoms with van der Waals surface area (Å²) in [6.45, 7) is 4.59. The zero-order valence-corrected chi connectivity index (χ0v) is 21.5. The molecule has 0 amide bonds. The number of ether oxygens (including phenoxy) is 1. The molecule has 8 nitrogen and oxygen atoms in total. The van der Waals surface area contributed by atoms with Crippen LogP contribution in [-0.2, 0) is 19.6 Å². The standard InChI is InChI=1S/C24H22Cl2N4O4S/c1-24(2,3)34-23(31)15-30(35(32,33)20-12-17(25)11-18(26)13-20)19-4-5-21-16(10-19)6-9-29(21)22-14-27-7-8-28-22/h4-14H,15H2,1-3H3. The topological polar surface area (TPSA) is 94.4 Å². The van der Waals surface area contributed by atoms with Gasteiger partial charge in [-0.2, -0.15) is 0 Å². The summed E-state index contributed by atoms with van der Waals surface area (Å²) in [6.07, 6.45) is 6.59. The molecule has 0 fully saturated rings. The van der Waals surface area contributed by atoms with Crippen molar-refractivity contribution in [2.45, 2.75) is 31.3 Å². The quantitative estimate of drug-likeness (QED) is 0.314. The summed E-state index contributed by atoms with van der Waals surface area (Å²) >= 11 is 12.1. The predicted molar refractivity (Wildman–Crippen MR) is 136 cm³/mol. The van der Waals surface area contributed by atoms with E-state index in [-0.39, 0.29) is 20.6 Å². The summed E-state index contributed by atoms with van der Waals surface area (Å²) in [4.78, 5) is 21.0. The highest BCUT2D eigenvalue weighted by Gasteiger charge is 2.30. The molecule has 2 aromatic heterocycles. The molecule has 0 atom stereocenters. The number of halogens is 2. The van der Waals surface area contributed by atoms with Crippen LogP contribution in [0.3, 0.4) is 0 Å². The third kappa shape index (κ3) is 5.58. The molecule has 2 aromatic carbocycles. The van der Waals surface area contributed by atoms with Crippen molar-refractivity contribution in [2.24, 2.45) is 0 Å². The van der Waals surface area contributed by atoms with Gasteiger partial charge >= 0.3 is 5.97 Å². The molecule has 0 radical (unpaired) electrons. The van der Waals surface area contributed by atoms with Crippen LogP contribution >= 0.6 is 23.2 Å². The Bertz CT molecular complexity index is 1480. The van der Waals surface area contributed by atoms with Gasteiger partial charge in [0.25, 0.3) is 10.0 Å². The largest absolute Gasteiger partial charge is 0.459 e. The first kappa shape index (κ1) is 25.0. The third-order valence-electron chi connectivity index (χ3n) is 4.87. The highest BCUT2D eigenvalue weighted by atomic mass is 35.5. The van der Waals surface area contributed by atoms with Gasteiger partial charge in [0.15, 0.2) is 5.82 Å². The van der Waals surface area contributed by atoms with Crippen LogP contribution in [0, 0.1) is 0 Å². The van der Waals surface area contributed by atoms with Gasteiger partial charge in [-0.1, -0.05) is 23.2 Å².